The molecule has 0 spiro atoms. The lowest BCUT2D eigenvalue weighted by atomic mass is 9.95. The lowest BCUT2D eigenvalue weighted by molar-refractivity contribution is 0.185. The zero-order chi connectivity index (χ0) is 10.5. The van der Waals surface area contributed by atoms with Crippen molar-refractivity contribution in [2.24, 2.45) is 5.92 Å². The van der Waals surface area contributed by atoms with E-state index in [1.54, 1.807) is 0 Å². The molecular weight excluding hydrogens is 182 g/mol. The maximum atomic E-state index is 2.64. The van der Waals surface area contributed by atoms with Gasteiger partial charge in [-0.3, -0.25) is 4.90 Å². The Morgan fingerprint density at radius 1 is 1.40 bits per heavy atom. The Balaban J connectivity index is 1.83. The molecule has 0 radical (unpaired) electrons. The minimum absolute atomic E-state index is 0.951. The summed E-state index contributed by atoms with van der Waals surface area (Å²) in [7, 11) is 0. The van der Waals surface area contributed by atoms with Crippen molar-refractivity contribution in [3.63, 3.8) is 0 Å². The highest BCUT2D eigenvalue weighted by Gasteiger charge is 2.18. The van der Waals surface area contributed by atoms with Crippen LogP contribution in [0.1, 0.15) is 39.0 Å². The number of allylic oxidation sites excluding steroid dienone is 2. The Morgan fingerprint density at radius 3 is 3.07 bits per heavy atom. The van der Waals surface area contributed by atoms with Crippen molar-refractivity contribution in [1.29, 1.82) is 0 Å². The molecule has 84 valence electrons. The molecule has 0 amide bonds. The van der Waals surface area contributed by atoms with Crippen LogP contribution >= 0.6 is 0 Å². The molecule has 0 aromatic rings. The molecule has 0 N–H and O–H groups in total. The first-order chi connectivity index (χ1) is 7.38. The highest BCUT2D eigenvalue weighted by molar-refractivity contribution is 5.23. The van der Waals surface area contributed by atoms with Gasteiger partial charge in [-0.2, -0.15) is 0 Å². The van der Waals surface area contributed by atoms with Crippen molar-refractivity contribution >= 4 is 0 Å². The van der Waals surface area contributed by atoms with Crippen LogP contribution in [0.4, 0.5) is 0 Å². The molecule has 0 saturated carbocycles. The van der Waals surface area contributed by atoms with Gasteiger partial charge >= 0.3 is 0 Å². The van der Waals surface area contributed by atoms with Crippen molar-refractivity contribution in [1.82, 2.24) is 4.90 Å². The number of likely N-dealkylation sites (tertiary alicyclic amines) is 1. The minimum Gasteiger partial charge on any atom is -0.299 e. The third kappa shape index (κ3) is 3.20. The second kappa shape index (κ2) is 5.50. The van der Waals surface area contributed by atoms with E-state index in [4.69, 9.17) is 0 Å². The van der Waals surface area contributed by atoms with Crippen molar-refractivity contribution in [2.75, 3.05) is 19.6 Å². The average Bonchev–Trinajstić information content (AvgIpc) is 2.31. The van der Waals surface area contributed by atoms with E-state index in [1.165, 1.54) is 57.3 Å². The maximum absolute atomic E-state index is 2.64. The molecule has 0 aromatic heterocycles. The van der Waals surface area contributed by atoms with Crippen LogP contribution in [-0.2, 0) is 0 Å². The lowest BCUT2D eigenvalue weighted by Crippen LogP contribution is -2.36. The Kier molecular flexibility index (Phi) is 4.01. The first kappa shape index (κ1) is 10.9. The highest BCUT2D eigenvalue weighted by Crippen LogP contribution is 2.21. The number of piperidine rings is 1. The lowest BCUT2D eigenvalue weighted by Gasteiger charge is -2.32. The monoisotopic (exact) mass is 205 g/mol. The molecule has 1 aliphatic heterocycles. The summed E-state index contributed by atoms with van der Waals surface area (Å²) < 4.78 is 0. The Morgan fingerprint density at radius 2 is 2.33 bits per heavy atom. The second-order valence-corrected chi connectivity index (χ2v) is 4.91. The van der Waals surface area contributed by atoms with Crippen LogP contribution in [0.15, 0.2) is 23.8 Å². The molecule has 0 bridgehead atoms. The van der Waals surface area contributed by atoms with E-state index in [-0.39, 0.29) is 0 Å². The normalized spacial score (nSPS) is 27.8. The maximum Gasteiger partial charge on any atom is 0.0230 e. The second-order valence-electron chi connectivity index (χ2n) is 4.91. The summed E-state index contributed by atoms with van der Waals surface area (Å²) in [4.78, 5) is 2.64. The van der Waals surface area contributed by atoms with Gasteiger partial charge in [-0.25, -0.2) is 0 Å². The van der Waals surface area contributed by atoms with Crippen LogP contribution in [0, 0.1) is 5.92 Å². The zero-order valence-corrected chi connectivity index (χ0v) is 9.91. The van der Waals surface area contributed by atoms with Gasteiger partial charge in [-0.1, -0.05) is 31.6 Å². The summed E-state index contributed by atoms with van der Waals surface area (Å²) >= 11 is 0. The van der Waals surface area contributed by atoms with Gasteiger partial charge in [0.25, 0.3) is 0 Å². The van der Waals surface area contributed by atoms with E-state index in [2.05, 4.69) is 30.1 Å². The number of rotatable bonds is 3. The van der Waals surface area contributed by atoms with Gasteiger partial charge in [0.2, 0.25) is 0 Å². The largest absolute Gasteiger partial charge is 0.299 e. The minimum atomic E-state index is 0.951. The van der Waals surface area contributed by atoms with Crippen LogP contribution in [-0.4, -0.2) is 24.5 Å². The van der Waals surface area contributed by atoms with Gasteiger partial charge in [0.05, 0.1) is 0 Å². The fourth-order valence-corrected chi connectivity index (χ4v) is 2.67. The number of nitrogens with zero attached hydrogens (tertiary/aromatic N) is 1. The van der Waals surface area contributed by atoms with E-state index in [0.717, 1.165) is 5.92 Å². The standard InChI is InChI=1S/C14H23N/c1-2-13-9-6-10-15(11-13)12-14-7-4-3-5-8-14/h4,7-8,13H,2-3,5-6,9-12H2,1H3. The molecule has 1 heterocycles. The van der Waals surface area contributed by atoms with E-state index in [0.29, 0.717) is 0 Å². The Hall–Kier alpha value is -0.560. The summed E-state index contributed by atoms with van der Waals surface area (Å²) in [5.41, 5.74) is 1.54. The van der Waals surface area contributed by atoms with Crippen molar-refractivity contribution in [3.05, 3.63) is 23.8 Å². The van der Waals surface area contributed by atoms with Crippen LogP contribution in [0.5, 0.6) is 0 Å². The Labute approximate surface area is 93.9 Å². The van der Waals surface area contributed by atoms with E-state index < -0.39 is 0 Å². The quantitative estimate of drug-likeness (QED) is 0.682. The van der Waals surface area contributed by atoms with Gasteiger partial charge in [-0.05, 0) is 43.7 Å². The molecular formula is C14H23N. The zero-order valence-electron chi connectivity index (χ0n) is 9.91. The van der Waals surface area contributed by atoms with Crippen molar-refractivity contribution in [2.45, 2.75) is 39.0 Å². The van der Waals surface area contributed by atoms with Crippen LogP contribution < -0.4 is 0 Å². The van der Waals surface area contributed by atoms with Crippen LogP contribution in [0.3, 0.4) is 0 Å². The van der Waals surface area contributed by atoms with Crippen LogP contribution in [0.2, 0.25) is 0 Å². The molecule has 1 unspecified atom stereocenters. The predicted molar refractivity (Wildman–Crippen MR) is 65.9 cm³/mol. The van der Waals surface area contributed by atoms with Gasteiger partial charge in [0.1, 0.15) is 0 Å². The summed E-state index contributed by atoms with van der Waals surface area (Å²) in [5, 5.41) is 0. The first-order valence-corrected chi connectivity index (χ1v) is 6.46. The van der Waals surface area contributed by atoms with E-state index in [1.807, 2.05) is 0 Å². The summed E-state index contributed by atoms with van der Waals surface area (Å²) in [5.74, 6) is 0.951. The molecule has 1 aliphatic carbocycles. The summed E-state index contributed by atoms with van der Waals surface area (Å²) in [6, 6.07) is 0. The van der Waals surface area contributed by atoms with Gasteiger partial charge in [0, 0.05) is 13.1 Å². The predicted octanol–water partition coefficient (Wildman–Crippen LogP) is 3.38. The third-order valence-electron chi connectivity index (χ3n) is 3.66. The fourth-order valence-electron chi connectivity index (χ4n) is 2.67. The molecule has 1 fully saturated rings. The van der Waals surface area contributed by atoms with Crippen LogP contribution in [0.25, 0.3) is 0 Å². The van der Waals surface area contributed by atoms with Crippen molar-refractivity contribution in [3.8, 4) is 0 Å². The SMILES string of the molecule is CCC1CCCN(CC2=CCCC=C2)C1. The van der Waals surface area contributed by atoms with Gasteiger partial charge < -0.3 is 0 Å². The molecule has 1 heteroatoms. The molecule has 15 heavy (non-hydrogen) atoms. The third-order valence-corrected chi connectivity index (χ3v) is 3.66. The molecule has 0 aromatic carbocycles. The van der Waals surface area contributed by atoms with Crippen molar-refractivity contribution < 1.29 is 0 Å². The number of hydrogen-bond donors (Lipinski definition) is 0. The molecule has 1 saturated heterocycles. The Bertz CT molecular complexity index is 252. The topological polar surface area (TPSA) is 3.24 Å². The van der Waals surface area contributed by atoms with Gasteiger partial charge in [0.15, 0.2) is 0 Å². The molecule has 2 aliphatic rings. The van der Waals surface area contributed by atoms with E-state index >= 15 is 0 Å². The molecule has 1 atom stereocenters. The summed E-state index contributed by atoms with van der Waals surface area (Å²) in [6.45, 7) is 6.14. The molecule has 1 nitrogen and oxygen atoms in total. The van der Waals surface area contributed by atoms with Gasteiger partial charge in [-0.15, -0.1) is 0 Å². The molecule has 2 rings (SSSR count). The smallest absolute Gasteiger partial charge is 0.0230 e. The highest BCUT2D eigenvalue weighted by atomic mass is 15.1. The fraction of sp³-hybridized carbons (Fsp3) is 0.714. The first-order valence-electron chi connectivity index (χ1n) is 6.46. The summed E-state index contributed by atoms with van der Waals surface area (Å²) in [6.07, 6.45) is 13.7. The average molecular weight is 205 g/mol. The number of hydrogen-bond acceptors (Lipinski definition) is 1. The van der Waals surface area contributed by atoms with E-state index in [9.17, 15) is 0 Å².